The van der Waals surface area contributed by atoms with E-state index < -0.39 is 24.9 Å². The molecule has 0 bridgehead atoms. The van der Waals surface area contributed by atoms with Crippen LogP contribution in [0.3, 0.4) is 0 Å². The molecule has 0 saturated carbocycles. The molecule has 3 rings (SSSR count). The number of nitrogens with one attached hydrogen (secondary N) is 2. The largest absolute Gasteiger partial charge is 0.403 e. The fourth-order valence-corrected chi connectivity index (χ4v) is 3.77. The molecule has 6 N–H and O–H groups in total. The van der Waals surface area contributed by atoms with Gasteiger partial charge in [-0.15, -0.1) is 0 Å². The summed E-state index contributed by atoms with van der Waals surface area (Å²) in [5.74, 6) is -3.43. The van der Waals surface area contributed by atoms with Crippen molar-refractivity contribution in [2.24, 2.45) is 10.7 Å². The maximum absolute atomic E-state index is 14.0. The number of thiazole rings is 1. The van der Waals surface area contributed by atoms with E-state index in [1.165, 1.54) is 11.9 Å². The quantitative estimate of drug-likeness (QED) is 0.413. The van der Waals surface area contributed by atoms with Gasteiger partial charge in [-0.05, 0) is 12.1 Å². The highest BCUT2D eigenvalue weighted by Gasteiger charge is 2.35. The van der Waals surface area contributed by atoms with Crippen molar-refractivity contribution in [1.29, 1.82) is 0 Å². The summed E-state index contributed by atoms with van der Waals surface area (Å²) >= 11 is 1.12. The normalized spacial score (nSPS) is 17.5. The second-order valence-electron chi connectivity index (χ2n) is 6.48. The van der Waals surface area contributed by atoms with E-state index in [0.717, 1.165) is 17.5 Å². The number of alkyl halides is 2. The van der Waals surface area contributed by atoms with E-state index in [-0.39, 0.29) is 28.8 Å². The predicted molar refractivity (Wildman–Crippen MR) is 112 cm³/mol. The molecule has 2 aromatic rings. The van der Waals surface area contributed by atoms with E-state index in [1.54, 1.807) is 24.4 Å². The molecular formula is C18H22F2N8OS. The Balaban J connectivity index is 1.80. The SMILES string of the molecule is CN=C(/C(=C\N)NC(=O)c1nc(-c2ccccn2)sc1N)N1CCNCC(F)(F)C1. The Morgan fingerprint density at radius 3 is 2.93 bits per heavy atom. The molecule has 9 nitrogen and oxygen atoms in total. The Labute approximate surface area is 175 Å². The van der Waals surface area contributed by atoms with Crippen molar-refractivity contribution in [3.63, 3.8) is 0 Å². The highest BCUT2D eigenvalue weighted by molar-refractivity contribution is 7.19. The summed E-state index contributed by atoms with van der Waals surface area (Å²) in [5, 5.41) is 5.95. The van der Waals surface area contributed by atoms with Crippen LogP contribution in [0.15, 0.2) is 41.3 Å². The maximum atomic E-state index is 14.0. The second kappa shape index (κ2) is 9.13. The zero-order valence-corrected chi connectivity index (χ0v) is 17.0. The average Bonchev–Trinajstić information content (AvgIpc) is 3.03. The Hall–Kier alpha value is -3.12. The van der Waals surface area contributed by atoms with Crippen LogP contribution in [-0.4, -0.2) is 65.8 Å². The van der Waals surface area contributed by atoms with Crippen LogP contribution in [0.4, 0.5) is 13.8 Å². The van der Waals surface area contributed by atoms with Crippen molar-refractivity contribution in [1.82, 2.24) is 25.5 Å². The number of aliphatic imine (C=N–C) groups is 1. The number of nitrogens with two attached hydrogens (primary N) is 2. The molecule has 0 atom stereocenters. The van der Waals surface area contributed by atoms with Gasteiger partial charge in [0.2, 0.25) is 0 Å². The minimum absolute atomic E-state index is 0.00156. The summed E-state index contributed by atoms with van der Waals surface area (Å²) in [5.41, 5.74) is 12.3. The lowest BCUT2D eigenvalue weighted by Gasteiger charge is -2.28. The third-order valence-corrected chi connectivity index (χ3v) is 5.19. The van der Waals surface area contributed by atoms with Crippen LogP contribution in [-0.2, 0) is 0 Å². The lowest BCUT2D eigenvalue weighted by Crippen LogP contribution is -2.45. The highest BCUT2D eigenvalue weighted by atomic mass is 32.1. The molecule has 0 unspecified atom stereocenters. The molecule has 1 aliphatic rings. The van der Waals surface area contributed by atoms with Crippen molar-refractivity contribution in [2.45, 2.75) is 5.92 Å². The fourth-order valence-electron chi connectivity index (χ4n) is 2.96. The summed E-state index contributed by atoms with van der Waals surface area (Å²) in [6.45, 7) is -0.367. The molecule has 1 amide bonds. The Morgan fingerprint density at radius 1 is 1.47 bits per heavy atom. The number of amides is 1. The first-order valence-corrected chi connectivity index (χ1v) is 9.88. The number of rotatable bonds is 4. The van der Waals surface area contributed by atoms with E-state index in [9.17, 15) is 13.6 Å². The molecular weight excluding hydrogens is 414 g/mol. The molecule has 0 spiro atoms. The van der Waals surface area contributed by atoms with Crippen LogP contribution in [0.5, 0.6) is 0 Å². The number of hydrogen-bond acceptors (Lipinski definition) is 8. The van der Waals surface area contributed by atoms with Crippen LogP contribution < -0.4 is 22.1 Å². The van der Waals surface area contributed by atoms with E-state index >= 15 is 0 Å². The summed E-state index contributed by atoms with van der Waals surface area (Å²) in [6, 6.07) is 5.31. The van der Waals surface area contributed by atoms with Crippen LogP contribution in [0.2, 0.25) is 0 Å². The third-order valence-electron chi connectivity index (χ3n) is 4.28. The van der Waals surface area contributed by atoms with Crippen molar-refractivity contribution >= 4 is 28.1 Å². The van der Waals surface area contributed by atoms with Gasteiger partial charge in [0.15, 0.2) is 5.69 Å². The monoisotopic (exact) mass is 436 g/mol. The number of nitrogen functional groups attached to an aromatic ring is 1. The van der Waals surface area contributed by atoms with Gasteiger partial charge in [0.1, 0.15) is 15.8 Å². The summed E-state index contributed by atoms with van der Waals surface area (Å²) in [6.07, 6.45) is 2.72. The lowest BCUT2D eigenvalue weighted by atomic mass is 10.2. The van der Waals surface area contributed by atoms with E-state index in [1.807, 2.05) is 0 Å². The molecule has 0 radical (unpaired) electrons. The van der Waals surface area contributed by atoms with Crippen molar-refractivity contribution in [2.75, 3.05) is 39.0 Å². The number of nitrogens with zero attached hydrogens (tertiary/aromatic N) is 4. The number of carbonyl (C=O) groups is 1. The minimum Gasteiger partial charge on any atom is -0.403 e. The zero-order valence-electron chi connectivity index (χ0n) is 16.2. The molecule has 2 aromatic heterocycles. The van der Waals surface area contributed by atoms with Gasteiger partial charge in [-0.25, -0.2) is 13.8 Å². The van der Waals surface area contributed by atoms with Crippen molar-refractivity contribution in [3.05, 3.63) is 42.0 Å². The number of halogens is 2. The second-order valence-corrected chi connectivity index (χ2v) is 7.51. The summed E-state index contributed by atoms with van der Waals surface area (Å²) in [7, 11) is 1.44. The van der Waals surface area contributed by atoms with E-state index in [0.29, 0.717) is 17.2 Å². The summed E-state index contributed by atoms with van der Waals surface area (Å²) < 4.78 is 28.0. The molecule has 3 heterocycles. The molecule has 1 fully saturated rings. The van der Waals surface area contributed by atoms with Crippen LogP contribution in [0, 0.1) is 0 Å². The molecule has 0 aromatic carbocycles. The zero-order chi connectivity index (χ0) is 21.7. The minimum atomic E-state index is -2.95. The van der Waals surface area contributed by atoms with Gasteiger partial charge in [-0.1, -0.05) is 17.4 Å². The fraction of sp³-hybridized carbons (Fsp3) is 0.333. The van der Waals surface area contributed by atoms with Gasteiger partial charge in [0, 0.05) is 32.5 Å². The van der Waals surface area contributed by atoms with Crippen molar-refractivity contribution in [3.8, 4) is 10.7 Å². The number of amidine groups is 1. The molecule has 30 heavy (non-hydrogen) atoms. The number of aromatic nitrogens is 2. The number of hydrogen-bond donors (Lipinski definition) is 4. The van der Waals surface area contributed by atoms with Crippen molar-refractivity contribution < 1.29 is 13.6 Å². The first-order chi connectivity index (χ1) is 14.3. The standard InChI is InChI=1S/C18H22F2N8OS/c1-23-15(28-7-6-24-9-18(19,20)10-28)12(8-21)26-16(29)13-14(22)30-17(27-13)11-4-2-3-5-25-11/h2-5,8,24H,6-7,9-10,21-22H2,1H3,(H,26,29)/b12-8+,23-15?. The van der Waals surface area contributed by atoms with Crippen LogP contribution >= 0.6 is 11.3 Å². The molecule has 1 saturated heterocycles. The number of carbonyl (C=O) groups excluding carboxylic acids is 1. The Bertz CT molecular complexity index is 960. The third kappa shape index (κ3) is 4.89. The number of anilines is 1. The lowest BCUT2D eigenvalue weighted by molar-refractivity contribution is -0.00581. The molecule has 160 valence electrons. The topological polar surface area (TPSA) is 135 Å². The maximum Gasteiger partial charge on any atom is 0.277 e. The van der Waals surface area contributed by atoms with Gasteiger partial charge in [0.05, 0.1) is 24.5 Å². The van der Waals surface area contributed by atoms with E-state index in [2.05, 4.69) is 25.6 Å². The van der Waals surface area contributed by atoms with E-state index in [4.69, 9.17) is 11.5 Å². The van der Waals surface area contributed by atoms with Crippen LogP contribution in [0.1, 0.15) is 10.5 Å². The highest BCUT2D eigenvalue weighted by Crippen LogP contribution is 2.28. The predicted octanol–water partition coefficient (Wildman–Crippen LogP) is 0.886. The van der Waals surface area contributed by atoms with Gasteiger partial charge >= 0.3 is 0 Å². The first-order valence-electron chi connectivity index (χ1n) is 9.06. The van der Waals surface area contributed by atoms with Gasteiger partial charge in [-0.3, -0.25) is 14.8 Å². The van der Waals surface area contributed by atoms with Gasteiger partial charge < -0.3 is 27.0 Å². The first kappa shape index (κ1) is 21.6. The summed E-state index contributed by atoms with van der Waals surface area (Å²) in [4.78, 5) is 26.7. The van der Waals surface area contributed by atoms with Crippen LogP contribution in [0.25, 0.3) is 10.7 Å². The Morgan fingerprint density at radius 2 is 2.27 bits per heavy atom. The average molecular weight is 436 g/mol. The molecule has 12 heteroatoms. The molecule has 0 aliphatic carbocycles. The molecule has 1 aliphatic heterocycles. The smallest absolute Gasteiger partial charge is 0.277 e. The Kier molecular flexibility index (Phi) is 6.57. The number of pyridine rings is 1. The van der Waals surface area contributed by atoms with Gasteiger partial charge in [0.25, 0.3) is 11.8 Å². The van der Waals surface area contributed by atoms with Gasteiger partial charge in [-0.2, -0.15) is 0 Å².